The van der Waals surface area contributed by atoms with Crippen molar-refractivity contribution in [2.75, 3.05) is 0 Å². The third-order valence-corrected chi connectivity index (χ3v) is 1.54. The molecule has 0 unspecified atom stereocenters. The lowest BCUT2D eigenvalue weighted by atomic mass is 10.3. The van der Waals surface area contributed by atoms with Gasteiger partial charge in [0.15, 0.2) is 0 Å². The standard InChI is InChI=1S/C10H12N2/c1-4-11-10-8-9(3)6-7-12(10)5-2/h4-8H,1-2H2,3H3. The number of hydrogen-bond donors (Lipinski definition) is 0. The van der Waals surface area contributed by atoms with Crippen LogP contribution >= 0.6 is 0 Å². The van der Waals surface area contributed by atoms with Crippen LogP contribution in [-0.2, 0) is 0 Å². The van der Waals surface area contributed by atoms with Crippen molar-refractivity contribution in [3.63, 3.8) is 0 Å². The molecule has 2 heteroatoms. The van der Waals surface area contributed by atoms with Gasteiger partial charge in [0, 0.05) is 18.6 Å². The zero-order valence-corrected chi connectivity index (χ0v) is 7.20. The van der Waals surface area contributed by atoms with Crippen LogP contribution in [0.25, 0.3) is 6.20 Å². The van der Waals surface area contributed by atoms with Crippen molar-refractivity contribution in [1.29, 1.82) is 0 Å². The van der Waals surface area contributed by atoms with Gasteiger partial charge in [-0.3, -0.25) is 0 Å². The summed E-state index contributed by atoms with van der Waals surface area (Å²) < 4.78 is 1.84. The molecule has 0 N–H and O–H groups in total. The number of pyridine rings is 1. The molecule has 1 aromatic heterocycles. The Morgan fingerprint density at radius 1 is 1.50 bits per heavy atom. The number of rotatable bonds is 2. The molecule has 0 fully saturated rings. The Kier molecular flexibility index (Phi) is 2.64. The van der Waals surface area contributed by atoms with Crippen molar-refractivity contribution in [2.24, 2.45) is 4.99 Å². The third kappa shape index (κ3) is 1.72. The van der Waals surface area contributed by atoms with Gasteiger partial charge >= 0.3 is 0 Å². The van der Waals surface area contributed by atoms with E-state index < -0.39 is 0 Å². The highest BCUT2D eigenvalue weighted by molar-refractivity contribution is 5.20. The van der Waals surface area contributed by atoms with Gasteiger partial charge in [-0.1, -0.05) is 13.2 Å². The zero-order chi connectivity index (χ0) is 8.97. The van der Waals surface area contributed by atoms with Crippen molar-refractivity contribution in [2.45, 2.75) is 6.92 Å². The van der Waals surface area contributed by atoms with E-state index in [1.807, 2.05) is 29.8 Å². The monoisotopic (exact) mass is 160 g/mol. The molecule has 1 rings (SSSR count). The van der Waals surface area contributed by atoms with Crippen molar-refractivity contribution in [1.82, 2.24) is 4.57 Å². The summed E-state index contributed by atoms with van der Waals surface area (Å²) in [5, 5.41) is 0. The van der Waals surface area contributed by atoms with Gasteiger partial charge in [-0.25, -0.2) is 4.99 Å². The topological polar surface area (TPSA) is 17.3 Å². The maximum Gasteiger partial charge on any atom is 0.136 e. The molecule has 0 spiro atoms. The average molecular weight is 160 g/mol. The molecule has 0 aliphatic heterocycles. The molecule has 0 saturated carbocycles. The number of aromatic nitrogens is 1. The molecule has 0 radical (unpaired) electrons. The van der Waals surface area contributed by atoms with E-state index in [2.05, 4.69) is 18.2 Å². The first-order chi connectivity index (χ1) is 5.77. The summed E-state index contributed by atoms with van der Waals surface area (Å²) >= 11 is 0. The fourth-order valence-electron chi connectivity index (χ4n) is 0.952. The minimum absolute atomic E-state index is 0.847. The highest BCUT2D eigenvalue weighted by atomic mass is 15.0. The lowest BCUT2D eigenvalue weighted by molar-refractivity contribution is 0.998. The van der Waals surface area contributed by atoms with E-state index in [4.69, 9.17) is 0 Å². The Bertz CT molecular complexity index is 358. The summed E-state index contributed by atoms with van der Waals surface area (Å²) in [6.45, 7) is 9.24. The molecule has 0 aliphatic carbocycles. The lowest BCUT2D eigenvalue weighted by Crippen LogP contribution is -2.14. The minimum Gasteiger partial charge on any atom is -0.309 e. The first-order valence-corrected chi connectivity index (χ1v) is 3.74. The maximum absolute atomic E-state index is 4.09. The van der Waals surface area contributed by atoms with Crippen molar-refractivity contribution < 1.29 is 0 Å². The molecular weight excluding hydrogens is 148 g/mol. The second kappa shape index (κ2) is 3.72. The molecule has 62 valence electrons. The largest absolute Gasteiger partial charge is 0.309 e. The van der Waals surface area contributed by atoms with Gasteiger partial charge < -0.3 is 4.57 Å². The van der Waals surface area contributed by atoms with Crippen LogP contribution in [0.15, 0.2) is 42.7 Å². The Morgan fingerprint density at radius 2 is 2.25 bits per heavy atom. The van der Waals surface area contributed by atoms with Gasteiger partial charge in [-0.15, -0.1) is 0 Å². The Balaban J connectivity index is 3.41. The van der Waals surface area contributed by atoms with Crippen molar-refractivity contribution in [3.8, 4) is 0 Å². The van der Waals surface area contributed by atoms with E-state index in [0.717, 1.165) is 5.49 Å². The van der Waals surface area contributed by atoms with Gasteiger partial charge in [0.1, 0.15) is 5.49 Å². The normalized spacial score (nSPS) is 11.2. The molecule has 1 heterocycles. The van der Waals surface area contributed by atoms with Crippen LogP contribution in [0.4, 0.5) is 0 Å². The summed E-state index contributed by atoms with van der Waals surface area (Å²) in [5.74, 6) is 0. The van der Waals surface area contributed by atoms with Gasteiger partial charge in [0.25, 0.3) is 0 Å². The van der Waals surface area contributed by atoms with Gasteiger partial charge in [-0.05, 0) is 24.6 Å². The van der Waals surface area contributed by atoms with E-state index in [-0.39, 0.29) is 0 Å². The molecule has 1 aromatic rings. The number of hydrogen-bond acceptors (Lipinski definition) is 1. The van der Waals surface area contributed by atoms with Crippen LogP contribution in [0.3, 0.4) is 0 Å². The lowest BCUT2D eigenvalue weighted by Gasteiger charge is -1.99. The molecule has 2 nitrogen and oxygen atoms in total. The molecule has 0 saturated heterocycles. The van der Waals surface area contributed by atoms with E-state index in [1.54, 1.807) is 6.20 Å². The van der Waals surface area contributed by atoms with Crippen LogP contribution < -0.4 is 5.49 Å². The fourth-order valence-corrected chi connectivity index (χ4v) is 0.952. The fraction of sp³-hybridized carbons (Fsp3) is 0.100. The highest BCUT2D eigenvalue weighted by Gasteiger charge is 1.87. The molecule has 0 bridgehead atoms. The molecule has 0 amide bonds. The summed E-state index contributed by atoms with van der Waals surface area (Å²) in [4.78, 5) is 4.09. The molecule has 0 aliphatic rings. The zero-order valence-electron chi connectivity index (χ0n) is 7.20. The van der Waals surface area contributed by atoms with Crippen LogP contribution in [-0.4, -0.2) is 4.57 Å². The summed E-state index contributed by atoms with van der Waals surface area (Å²) in [5.41, 5.74) is 2.02. The molecule has 12 heavy (non-hydrogen) atoms. The average Bonchev–Trinajstić information content (AvgIpc) is 2.05. The van der Waals surface area contributed by atoms with Gasteiger partial charge in [0.05, 0.1) is 0 Å². The highest BCUT2D eigenvalue weighted by Crippen LogP contribution is 1.90. The van der Waals surface area contributed by atoms with Crippen LogP contribution in [0, 0.1) is 6.92 Å². The van der Waals surface area contributed by atoms with Crippen LogP contribution in [0.2, 0.25) is 0 Å². The maximum atomic E-state index is 4.09. The van der Waals surface area contributed by atoms with Crippen LogP contribution in [0.5, 0.6) is 0 Å². The number of nitrogens with zero attached hydrogens (tertiary/aromatic N) is 2. The summed E-state index contributed by atoms with van der Waals surface area (Å²) in [7, 11) is 0. The first kappa shape index (κ1) is 8.53. The van der Waals surface area contributed by atoms with Crippen molar-refractivity contribution >= 4 is 6.20 Å². The van der Waals surface area contributed by atoms with E-state index >= 15 is 0 Å². The van der Waals surface area contributed by atoms with E-state index in [1.165, 1.54) is 11.8 Å². The Labute approximate surface area is 72.2 Å². The van der Waals surface area contributed by atoms with E-state index in [9.17, 15) is 0 Å². The van der Waals surface area contributed by atoms with Crippen LogP contribution in [0.1, 0.15) is 5.56 Å². The third-order valence-electron chi connectivity index (χ3n) is 1.54. The Hall–Kier alpha value is -1.57. The second-order valence-corrected chi connectivity index (χ2v) is 2.46. The van der Waals surface area contributed by atoms with E-state index in [0.29, 0.717) is 0 Å². The predicted molar refractivity (Wildman–Crippen MR) is 51.3 cm³/mol. The molecule has 0 aromatic carbocycles. The minimum atomic E-state index is 0.847. The molecule has 0 atom stereocenters. The van der Waals surface area contributed by atoms with Gasteiger partial charge in [0.2, 0.25) is 0 Å². The number of aryl methyl sites for hydroxylation is 1. The smallest absolute Gasteiger partial charge is 0.136 e. The second-order valence-electron chi connectivity index (χ2n) is 2.46. The summed E-state index contributed by atoms with van der Waals surface area (Å²) in [6.07, 6.45) is 5.15. The molecular formula is C10H12N2. The SMILES string of the molecule is C=CN=c1cc(C)ccn1C=C. The summed E-state index contributed by atoms with van der Waals surface area (Å²) in [6, 6.07) is 3.98. The predicted octanol–water partition coefficient (Wildman–Crippen LogP) is 1.94. The van der Waals surface area contributed by atoms with Crippen molar-refractivity contribution in [3.05, 3.63) is 48.7 Å². The quantitative estimate of drug-likeness (QED) is 0.629. The first-order valence-electron chi connectivity index (χ1n) is 3.74. The Morgan fingerprint density at radius 3 is 2.83 bits per heavy atom. The van der Waals surface area contributed by atoms with Gasteiger partial charge in [-0.2, -0.15) is 0 Å².